The fourth-order valence-corrected chi connectivity index (χ4v) is 4.10. The normalized spacial score (nSPS) is 13.8. The Kier molecular flexibility index (Phi) is 5.89. The minimum atomic E-state index is 0.380. The number of hydrogen-bond acceptors (Lipinski definition) is 7. The van der Waals surface area contributed by atoms with Crippen LogP contribution < -0.4 is 25.0 Å². The zero-order chi connectivity index (χ0) is 22.8. The summed E-state index contributed by atoms with van der Waals surface area (Å²) in [5.41, 5.74) is 3.82. The molecule has 33 heavy (non-hydrogen) atoms. The monoisotopic (exact) mass is 464 g/mol. The van der Waals surface area contributed by atoms with E-state index < -0.39 is 0 Å². The molecule has 4 heterocycles. The predicted molar refractivity (Wildman–Crippen MR) is 128 cm³/mol. The number of aromatic nitrogens is 4. The van der Waals surface area contributed by atoms with E-state index in [1.165, 1.54) is 0 Å². The lowest BCUT2D eigenvalue weighted by Gasteiger charge is -2.30. The number of nitrogens with one attached hydrogen (secondary N) is 1. The van der Waals surface area contributed by atoms with E-state index in [9.17, 15) is 0 Å². The van der Waals surface area contributed by atoms with E-state index in [2.05, 4.69) is 30.5 Å². The minimum Gasteiger partial charge on any atom is -0.494 e. The fourth-order valence-electron chi connectivity index (χ4n) is 3.91. The molecular formula is C23H23ClN7O2. The maximum Gasteiger partial charge on any atom is 0.227 e. The van der Waals surface area contributed by atoms with Gasteiger partial charge in [0.15, 0.2) is 0 Å². The summed E-state index contributed by atoms with van der Waals surface area (Å²) in [5, 5.41) is 8.11. The Labute approximate surface area is 196 Å². The lowest BCUT2D eigenvalue weighted by molar-refractivity contribution is 0.403. The zero-order valence-corrected chi connectivity index (χ0v) is 19.1. The van der Waals surface area contributed by atoms with Gasteiger partial charge in [-0.15, -0.1) is 0 Å². The van der Waals surface area contributed by atoms with Crippen LogP contribution >= 0.6 is 11.6 Å². The van der Waals surface area contributed by atoms with Crippen LogP contribution in [0.4, 0.5) is 17.3 Å². The highest BCUT2D eigenvalue weighted by atomic mass is 35.5. The second-order valence-corrected chi connectivity index (χ2v) is 7.88. The third-order valence-electron chi connectivity index (χ3n) is 5.55. The third kappa shape index (κ3) is 4.12. The van der Waals surface area contributed by atoms with Crippen LogP contribution in [0, 0.1) is 0 Å². The number of rotatable bonds is 6. The quantitative estimate of drug-likeness (QED) is 0.466. The number of piperazine rings is 1. The second-order valence-electron chi connectivity index (χ2n) is 7.47. The van der Waals surface area contributed by atoms with Crippen LogP contribution in [0.1, 0.15) is 0 Å². The van der Waals surface area contributed by atoms with Crippen LogP contribution in [0.15, 0.2) is 48.9 Å². The standard InChI is InChI=1S/C23H23ClN7O2/c1-32-19-12-17(30-9-6-25-7-10-30)20(33-2)11-16(19)28-23-27-13-15(24)22(29-23)18-14-26-21-5-3-4-8-31(18)21/h3-5,8,11-14H,6-7,9-10H2,1-2H3,(H,27,28,29). The molecule has 0 atom stereocenters. The van der Waals surface area contributed by atoms with Crippen molar-refractivity contribution in [2.45, 2.75) is 0 Å². The number of methoxy groups -OCH3 is 2. The third-order valence-corrected chi connectivity index (χ3v) is 5.82. The van der Waals surface area contributed by atoms with Gasteiger partial charge in [-0.3, -0.25) is 4.40 Å². The van der Waals surface area contributed by atoms with Crippen molar-refractivity contribution in [3.63, 3.8) is 0 Å². The maximum absolute atomic E-state index is 6.45. The van der Waals surface area contributed by atoms with Gasteiger partial charge < -0.3 is 19.7 Å². The number of nitrogens with zero attached hydrogens (tertiary/aromatic N) is 6. The molecule has 1 aliphatic rings. The SMILES string of the molecule is COc1cc(N2CC[N]CC2)c(OC)cc1Nc1ncc(Cl)c(-c2cnc3ccccn23)n1. The van der Waals surface area contributed by atoms with Crippen molar-refractivity contribution < 1.29 is 9.47 Å². The van der Waals surface area contributed by atoms with Crippen molar-refractivity contribution in [2.75, 3.05) is 50.6 Å². The molecule has 1 saturated heterocycles. The minimum absolute atomic E-state index is 0.380. The molecular weight excluding hydrogens is 442 g/mol. The summed E-state index contributed by atoms with van der Waals surface area (Å²) in [5.74, 6) is 1.77. The summed E-state index contributed by atoms with van der Waals surface area (Å²) in [6.45, 7) is 3.29. The topological polar surface area (TPSA) is 90.9 Å². The number of hydrogen-bond donors (Lipinski definition) is 1. The number of anilines is 3. The number of pyridine rings is 1. The first-order valence-electron chi connectivity index (χ1n) is 10.5. The molecule has 0 amide bonds. The molecule has 0 bridgehead atoms. The van der Waals surface area contributed by atoms with Crippen molar-refractivity contribution in [2.24, 2.45) is 0 Å². The summed E-state index contributed by atoms with van der Waals surface area (Å²) in [6, 6.07) is 9.65. The fraction of sp³-hybridized carbons (Fsp3) is 0.261. The summed E-state index contributed by atoms with van der Waals surface area (Å²) in [6.07, 6.45) is 5.24. The highest BCUT2D eigenvalue weighted by Gasteiger charge is 2.20. The van der Waals surface area contributed by atoms with Gasteiger partial charge in [0.25, 0.3) is 0 Å². The van der Waals surface area contributed by atoms with Gasteiger partial charge in [-0.05, 0) is 12.1 Å². The van der Waals surface area contributed by atoms with E-state index in [0.29, 0.717) is 28.1 Å². The lowest BCUT2D eigenvalue weighted by atomic mass is 10.2. The smallest absolute Gasteiger partial charge is 0.227 e. The van der Waals surface area contributed by atoms with Crippen LogP contribution in [-0.4, -0.2) is 59.8 Å². The summed E-state index contributed by atoms with van der Waals surface area (Å²) in [7, 11) is 3.29. The molecule has 1 N–H and O–H groups in total. The summed E-state index contributed by atoms with van der Waals surface area (Å²) < 4.78 is 13.3. The highest BCUT2D eigenvalue weighted by Crippen LogP contribution is 2.40. The molecule has 0 saturated carbocycles. The van der Waals surface area contributed by atoms with Gasteiger partial charge in [-0.25, -0.2) is 20.3 Å². The number of halogens is 1. The second kappa shape index (κ2) is 9.13. The molecule has 5 rings (SSSR count). The van der Waals surface area contributed by atoms with Gasteiger partial charge in [0.1, 0.15) is 22.8 Å². The molecule has 0 aliphatic carbocycles. The highest BCUT2D eigenvalue weighted by molar-refractivity contribution is 6.32. The first-order chi connectivity index (χ1) is 16.2. The van der Waals surface area contributed by atoms with Crippen molar-refractivity contribution >= 4 is 34.6 Å². The Morgan fingerprint density at radius 3 is 2.61 bits per heavy atom. The van der Waals surface area contributed by atoms with Crippen molar-refractivity contribution in [1.82, 2.24) is 24.7 Å². The van der Waals surface area contributed by atoms with E-state index in [4.69, 9.17) is 21.1 Å². The molecule has 3 aromatic heterocycles. The largest absolute Gasteiger partial charge is 0.494 e. The summed E-state index contributed by atoms with van der Waals surface area (Å²) in [4.78, 5) is 15.7. The first-order valence-corrected chi connectivity index (χ1v) is 10.9. The zero-order valence-electron chi connectivity index (χ0n) is 18.3. The molecule has 4 aromatic rings. The average molecular weight is 465 g/mol. The van der Waals surface area contributed by atoms with Crippen LogP contribution in [0.5, 0.6) is 11.5 Å². The molecule has 1 fully saturated rings. The van der Waals surface area contributed by atoms with Crippen molar-refractivity contribution in [3.05, 3.63) is 53.9 Å². The Morgan fingerprint density at radius 2 is 1.82 bits per heavy atom. The average Bonchev–Trinajstić information content (AvgIpc) is 3.29. The summed E-state index contributed by atoms with van der Waals surface area (Å²) >= 11 is 6.45. The number of ether oxygens (including phenoxy) is 2. The van der Waals surface area contributed by atoms with E-state index >= 15 is 0 Å². The Morgan fingerprint density at radius 1 is 1.00 bits per heavy atom. The number of imidazole rings is 1. The lowest BCUT2D eigenvalue weighted by Crippen LogP contribution is -2.40. The molecule has 1 aromatic carbocycles. The molecule has 1 radical (unpaired) electrons. The first kappa shape index (κ1) is 21.3. The molecule has 169 valence electrons. The van der Waals surface area contributed by atoms with E-state index in [-0.39, 0.29) is 0 Å². The van der Waals surface area contributed by atoms with Crippen LogP contribution in [0.3, 0.4) is 0 Å². The van der Waals surface area contributed by atoms with E-state index in [0.717, 1.165) is 49.0 Å². The maximum atomic E-state index is 6.45. The van der Waals surface area contributed by atoms with Gasteiger partial charge in [0.05, 0.1) is 48.7 Å². The molecule has 0 unspecified atom stereocenters. The van der Waals surface area contributed by atoms with Crippen molar-refractivity contribution in [1.29, 1.82) is 0 Å². The predicted octanol–water partition coefficient (Wildman–Crippen LogP) is 3.63. The van der Waals surface area contributed by atoms with Gasteiger partial charge >= 0.3 is 0 Å². The molecule has 9 nitrogen and oxygen atoms in total. The molecule has 10 heteroatoms. The Hall–Kier alpha value is -3.56. The molecule has 0 spiro atoms. The molecule has 1 aliphatic heterocycles. The van der Waals surface area contributed by atoms with Gasteiger partial charge in [-0.2, -0.15) is 0 Å². The van der Waals surface area contributed by atoms with Crippen molar-refractivity contribution in [3.8, 4) is 22.9 Å². The van der Waals surface area contributed by atoms with E-state index in [1.807, 2.05) is 40.9 Å². The van der Waals surface area contributed by atoms with Gasteiger partial charge in [-0.1, -0.05) is 17.7 Å². The van der Waals surface area contributed by atoms with Crippen LogP contribution in [0.2, 0.25) is 5.02 Å². The number of fused-ring (bicyclic) bond motifs is 1. The Balaban J connectivity index is 1.51. The number of benzene rings is 1. The van der Waals surface area contributed by atoms with Crippen LogP contribution in [-0.2, 0) is 0 Å². The Bertz CT molecular complexity index is 1290. The van der Waals surface area contributed by atoms with Gasteiger partial charge in [0.2, 0.25) is 5.95 Å². The van der Waals surface area contributed by atoms with Crippen LogP contribution in [0.25, 0.3) is 17.0 Å². The van der Waals surface area contributed by atoms with Gasteiger partial charge in [0, 0.05) is 44.5 Å². The van der Waals surface area contributed by atoms with E-state index in [1.54, 1.807) is 26.6 Å².